The summed E-state index contributed by atoms with van der Waals surface area (Å²) in [6, 6.07) is 20.0. The van der Waals surface area contributed by atoms with Gasteiger partial charge in [-0.3, -0.25) is 4.72 Å². The zero-order valence-corrected chi connectivity index (χ0v) is 15.2. The maximum Gasteiger partial charge on any atom is 0.266 e. The molecule has 7 nitrogen and oxygen atoms in total. The van der Waals surface area contributed by atoms with Crippen molar-refractivity contribution in [1.82, 2.24) is 14.9 Å². The van der Waals surface area contributed by atoms with Crippen LogP contribution in [0.1, 0.15) is 5.76 Å². The third kappa shape index (κ3) is 3.47. The highest BCUT2D eigenvalue weighted by Gasteiger charge is 2.25. The summed E-state index contributed by atoms with van der Waals surface area (Å²) in [5.74, 6) is 0.634. The molecule has 0 aliphatic rings. The highest BCUT2D eigenvalue weighted by atomic mass is 32.2. The van der Waals surface area contributed by atoms with Crippen molar-refractivity contribution in [1.29, 1.82) is 0 Å². The quantitative estimate of drug-likeness (QED) is 0.571. The van der Waals surface area contributed by atoms with E-state index in [0.717, 1.165) is 5.69 Å². The first-order chi connectivity index (χ1) is 13.0. The first-order valence-electron chi connectivity index (χ1n) is 8.19. The van der Waals surface area contributed by atoms with Crippen LogP contribution in [0.25, 0.3) is 16.9 Å². The number of nitrogens with zero attached hydrogens (tertiary/aromatic N) is 3. The van der Waals surface area contributed by atoms with Crippen LogP contribution in [-0.2, 0) is 10.0 Å². The molecule has 0 fully saturated rings. The predicted molar refractivity (Wildman–Crippen MR) is 101 cm³/mol. The van der Waals surface area contributed by atoms with E-state index >= 15 is 0 Å². The lowest BCUT2D eigenvalue weighted by Gasteiger charge is -2.05. The molecule has 0 amide bonds. The minimum absolute atomic E-state index is 0.0539. The largest absolute Gasteiger partial charge is 0.360 e. The Hall–Kier alpha value is -3.39. The van der Waals surface area contributed by atoms with Crippen molar-refractivity contribution in [3.63, 3.8) is 0 Å². The molecule has 27 heavy (non-hydrogen) atoms. The minimum Gasteiger partial charge on any atom is -0.360 e. The Balaban J connectivity index is 1.84. The van der Waals surface area contributed by atoms with Crippen molar-refractivity contribution in [2.45, 2.75) is 11.8 Å². The lowest BCUT2D eigenvalue weighted by Crippen LogP contribution is -2.13. The molecule has 4 aromatic rings. The number of hydrogen-bond acceptors (Lipinski definition) is 5. The zero-order chi connectivity index (χ0) is 18.9. The highest BCUT2D eigenvalue weighted by molar-refractivity contribution is 7.92. The standard InChI is InChI=1S/C19H16N4O3S/c1-14-12-18(21-26-14)22-27(24,25)17-13-23(16-10-6-3-7-11-16)20-19(17)15-8-4-2-5-9-15/h2-13H,1H3,(H,21,22). The molecule has 0 atom stereocenters. The molecule has 1 N–H and O–H groups in total. The van der Waals surface area contributed by atoms with Gasteiger partial charge in [-0.15, -0.1) is 0 Å². The van der Waals surface area contributed by atoms with E-state index in [2.05, 4.69) is 15.0 Å². The number of sulfonamides is 1. The molecule has 8 heteroatoms. The fourth-order valence-electron chi connectivity index (χ4n) is 2.67. The van der Waals surface area contributed by atoms with Gasteiger partial charge in [0.05, 0.1) is 11.9 Å². The van der Waals surface area contributed by atoms with Crippen molar-refractivity contribution in [3.8, 4) is 16.9 Å². The van der Waals surface area contributed by atoms with E-state index in [-0.39, 0.29) is 10.7 Å². The van der Waals surface area contributed by atoms with Gasteiger partial charge < -0.3 is 4.52 Å². The summed E-state index contributed by atoms with van der Waals surface area (Å²) in [7, 11) is -3.92. The third-order valence-corrected chi connectivity index (χ3v) is 5.26. The van der Waals surface area contributed by atoms with E-state index in [4.69, 9.17) is 4.52 Å². The van der Waals surface area contributed by atoms with Gasteiger partial charge in [-0.2, -0.15) is 5.10 Å². The maximum absolute atomic E-state index is 13.0. The molecule has 0 aliphatic carbocycles. The second kappa shape index (κ2) is 6.73. The van der Waals surface area contributed by atoms with E-state index in [1.165, 1.54) is 12.3 Å². The average Bonchev–Trinajstić information content (AvgIpc) is 3.30. The Bertz CT molecular complexity index is 1170. The van der Waals surface area contributed by atoms with Crippen molar-refractivity contribution >= 4 is 15.8 Å². The van der Waals surface area contributed by atoms with Crippen LogP contribution in [0, 0.1) is 6.92 Å². The number of hydrogen-bond donors (Lipinski definition) is 1. The van der Waals surface area contributed by atoms with Crippen LogP contribution in [0.4, 0.5) is 5.82 Å². The molecule has 136 valence electrons. The van der Waals surface area contributed by atoms with Gasteiger partial charge in [-0.25, -0.2) is 13.1 Å². The van der Waals surface area contributed by atoms with Crippen molar-refractivity contribution in [3.05, 3.63) is 78.7 Å². The fourth-order valence-corrected chi connectivity index (χ4v) is 3.80. The van der Waals surface area contributed by atoms with E-state index in [0.29, 0.717) is 17.0 Å². The van der Waals surface area contributed by atoms with Gasteiger partial charge in [0, 0.05) is 11.6 Å². The molecular formula is C19H16N4O3S. The average molecular weight is 380 g/mol. The number of aryl methyl sites for hydroxylation is 1. The summed E-state index contributed by atoms with van der Waals surface area (Å²) in [6.07, 6.45) is 1.49. The number of rotatable bonds is 5. The monoisotopic (exact) mass is 380 g/mol. The Morgan fingerprint density at radius 3 is 2.30 bits per heavy atom. The van der Waals surface area contributed by atoms with Gasteiger partial charge in [-0.1, -0.05) is 53.7 Å². The van der Waals surface area contributed by atoms with E-state index in [1.54, 1.807) is 11.6 Å². The van der Waals surface area contributed by atoms with Gasteiger partial charge in [0.25, 0.3) is 10.0 Å². The molecule has 0 aliphatic heterocycles. The molecular weight excluding hydrogens is 364 g/mol. The molecule has 0 bridgehead atoms. The summed E-state index contributed by atoms with van der Waals surface area (Å²) >= 11 is 0. The first-order valence-corrected chi connectivity index (χ1v) is 9.68. The number of para-hydroxylation sites is 1. The number of benzene rings is 2. The summed E-state index contributed by atoms with van der Waals surface area (Å²) in [6.45, 7) is 1.69. The summed E-state index contributed by atoms with van der Waals surface area (Å²) in [5.41, 5.74) is 1.81. The molecule has 2 aromatic heterocycles. The lowest BCUT2D eigenvalue weighted by atomic mass is 10.2. The second-order valence-electron chi connectivity index (χ2n) is 5.92. The van der Waals surface area contributed by atoms with Crippen LogP contribution in [0.15, 0.2) is 82.3 Å². The first kappa shape index (κ1) is 17.0. The maximum atomic E-state index is 13.0. The Morgan fingerprint density at radius 2 is 1.67 bits per heavy atom. The van der Waals surface area contributed by atoms with Crippen molar-refractivity contribution in [2.24, 2.45) is 0 Å². The molecule has 0 saturated heterocycles. The van der Waals surface area contributed by atoms with Crippen LogP contribution in [0.3, 0.4) is 0 Å². The van der Waals surface area contributed by atoms with Crippen LogP contribution < -0.4 is 4.72 Å². The Kier molecular flexibility index (Phi) is 4.25. The van der Waals surface area contributed by atoms with Crippen LogP contribution >= 0.6 is 0 Å². The van der Waals surface area contributed by atoms with Crippen LogP contribution in [0.5, 0.6) is 0 Å². The van der Waals surface area contributed by atoms with Gasteiger partial charge in [0.2, 0.25) is 0 Å². The molecule has 0 unspecified atom stereocenters. The normalized spacial score (nSPS) is 11.4. The third-order valence-electron chi connectivity index (χ3n) is 3.91. The van der Waals surface area contributed by atoms with E-state index in [1.807, 2.05) is 60.7 Å². The Labute approximate surface area is 156 Å². The molecule has 0 radical (unpaired) electrons. The number of nitrogens with one attached hydrogen (secondary N) is 1. The smallest absolute Gasteiger partial charge is 0.266 e. The summed E-state index contributed by atoms with van der Waals surface area (Å²) in [4.78, 5) is 0.0539. The van der Waals surface area contributed by atoms with Gasteiger partial charge >= 0.3 is 0 Å². The Morgan fingerprint density at radius 1 is 1.00 bits per heavy atom. The molecule has 4 rings (SSSR count). The number of anilines is 1. The van der Waals surface area contributed by atoms with Crippen molar-refractivity contribution < 1.29 is 12.9 Å². The lowest BCUT2D eigenvalue weighted by molar-refractivity contribution is 0.400. The van der Waals surface area contributed by atoms with E-state index < -0.39 is 10.0 Å². The zero-order valence-electron chi connectivity index (χ0n) is 14.4. The molecule has 2 heterocycles. The van der Waals surface area contributed by atoms with Gasteiger partial charge in [-0.05, 0) is 19.1 Å². The highest BCUT2D eigenvalue weighted by Crippen LogP contribution is 2.28. The second-order valence-corrected chi connectivity index (χ2v) is 7.57. The fraction of sp³-hybridized carbons (Fsp3) is 0.0526. The van der Waals surface area contributed by atoms with Crippen LogP contribution in [0.2, 0.25) is 0 Å². The number of aromatic nitrogens is 3. The van der Waals surface area contributed by atoms with E-state index in [9.17, 15) is 8.42 Å². The SMILES string of the molecule is Cc1cc(NS(=O)(=O)c2cn(-c3ccccc3)nc2-c2ccccc2)no1. The van der Waals surface area contributed by atoms with Gasteiger partial charge in [0.15, 0.2) is 5.82 Å². The molecule has 0 saturated carbocycles. The summed E-state index contributed by atoms with van der Waals surface area (Å²) < 4.78 is 34.9. The topological polar surface area (TPSA) is 90.0 Å². The van der Waals surface area contributed by atoms with Crippen molar-refractivity contribution in [2.75, 3.05) is 4.72 Å². The summed E-state index contributed by atoms with van der Waals surface area (Å²) in [5, 5.41) is 8.22. The molecule has 2 aromatic carbocycles. The minimum atomic E-state index is -3.92. The van der Waals surface area contributed by atoms with Crippen LogP contribution in [-0.4, -0.2) is 23.4 Å². The van der Waals surface area contributed by atoms with Gasteiger partial charge in [0.1, 0.15) is 16.3 Å². The molecule has 0 spiro atoms. The predicted octanol–water partition coefficient (Wildman–Crippen LogP) is 3.64.